The predicted molar refractivity (Wildman–Crippen MR) is 58.0 cm³/mol. The van der Waals surface area contributed by atoms with Gasteiger partial charge in [0.25, 0.3) is 0 Å². The first-order chi connectivity index (χ1) is 6.54. The summed E-state index contributed by atoms with van der Waals surface area (Å²) in [6, 6.07) is 0. The van der Waals surface area contributed by atoms with Crippen LogP contribution in [0.4, 0.5) is 0 Å². The average Bonchev–Trinajstić information content (AvgIpc) is 2.40. The molecular formula is C8H7Cl2NO2S. The van der Waals surface area contributed by atoms with E-state index in [1.165, 1.54) is 6.08 Å². The number of nitrogens with zero attached hydrogens (tertiary/aromatic N) is 1. The maximum absolute atomic E-state index is 10.7. The highest BCUT2D eigenvalue weighted by atomic mass is 35.5. The standard InChI is InChI=1S/C8H7Cl2NO2S/c1-2-4(7(12)13)3-5-6(9)11-8(10)14-5/h3H,2H2,1H3,(H,12,13). The lowest BCUT2D eigenvalue weighted by atomic mass is 10.2. The molecule has 1 heterocycles. The number of halogens is 2. The number of carboxylic acids is 1. The number of aromatic nitrogens is 1. The molecule has 14 heavy (non-hydrogen) atoms. The molecule has 0 bridgehead atoms. The van der Waals surface area contributed by atoms with E-state index in [-0.39, 0.29) is 10.7 Å². The average molecular weight is 252 g/mol. The van der Waals surface area contributed by atoms with Crippen LogP contribution in [0.2, 0.25) is 9.62 Å². The highest BCUT2D eigenvalue weighted by Gasteiger charge is 2.09. The molecule has 0 saturated heterocycles. The van der Waals surface area contributed by atoms with E-state index < -0.39 is 5.97 Å². The summed E-state index contributed by atoms with van der Waals surface area (Å²) >= 11 is 12.5. The van der Waals surface area contributed by atoms with Gasteiger partial charge in [-0.05, 0) is 12.5 Å². The molecule has 6 heteroatoms. The second-order valence-corrected chi connectivity index (χ2v) is 4.42. The molecule has 0 spiro atoms. The molecule has 76 valence electrons. The van der Waals surface area contributed by atoms with Gasteiger partial charge in [0.1, 0.15) is 5.15 Å². The van der Waals surface area contributed by atoms with Crippen molar-refractivity contribution in [3.63, 3.8) is 0 Å². The van der Waals surface area contributed by atoms with E-state index in [0.29, 0.717) is 15.8 Å². The van der Waals surface area contributed by atoms with Crippen molar-refractivity contribution in [1.82, 2.24) is 4.98 Å². The fourth-order valence-electron chi connectivity index (χ4n) is 0.850. The number of carbonyl (C=O) groups is 1. The van der Waals surface area contributed by atoms with Crippen LogP contribution in [0.3, 0.4) is 0 Å². The second-order valence-electron chi connectivity index (χ2n) is 2.45. The number of thiazole rings is 1. The highest BCUT2D eigenvalue weighted by molar-refractivity contribution is 7.17. The quantitative estimate of drug-likeness (QED) is 0.839. The second kappa shape index (κ2) is 4.77. The van der Waals surface area contributed by atoms with Crippen molar-refractivity contribution in [1.29, 1.82) is 0 Å². The number of carboxylic acid groups (broad SMARTS) is 1. The van der Waals surface area contributed by atoms with Gasteiger partial charge in [-0.1, -0.05) is 30.1 Å². The Balaban J connectivity index is 3.06. The summed E-state index contributed by atoms with van der Waals surface area (Å²) in [4.78, 5) is 15.0. The fourth-order valence-corrected chi connectivity index (χ4v) is 2.18. The van der Waals surface area contributed by atoms with Crippen LogP contribution in [0.1, 0.15) is 18.2 Å². The maximum Gasteiger partial charge on any atom is 0.331 e. The number of aliphatic carboxylic acids is 1. The van der Waals surface area contributed by atoms with Gasteiger partial charge in [0, 0.05) is 5.57 Å². The molecule has 0 aliphatic rings. The van der Waals surface area contributed by atoms with Crippen molar-refractivity contribution in [3.05, 3.63) is 20.1 Å². The Bertz CT molecular complexity index is 387. The SMILES string of the molecule is CCC(=Cc1sc(Cl)nc1Cl)C(=O)O. The number of hydrogen-bond acceptors (Lipinski definition) is 3. The van der Waals surface area contributed by atoms with Crippen molar-refractivity contribution in [2.24, 2.45) is 0 Å². The summed E-state index contributed by atoms with van der Waals surface area (Å²) in [5.74, 6) is -0.951. The van der Waals surface area contributed by atoms with Crippen LogP contribution in [0.25, 0.3) is 6.08 Å². The molecule has 0 saturated carbocycles. The van der Waals surface area contributed by atoms with Crippen LogP contribution in [0.5, 0.6) is 0 Å². The summed E-state index contributed by atoms with van der Waals surface area (Å²) < 4.78 is 0.307. The van der Waals surface area contributed by atoms with E-state index in [9.17, 15) is 4.79 Å². The first-order valence-corrected chi connectivity index (χ1v) is 5.37. The fraction of sp³-hybridized carbons (Fsp3) is 0.250. The van der Waals surface area contributed by atoms with Crippen molar-refractivity contribution in [2.45, 2.75) is 13.3 Å². The van der Waals surface area contributed by atoms with Gasteiger partial charge in [0.2, 0.25) is 0 Å². The zero-order valence-corrected chi connectivity index (χ0v) is 9.58. The van der Waals surface area contributed by atoms with Gasteiger partial charge in [-0.3, -0.25) is 0 Å². The summed E-state index contributed by atoms with van der Waals surface area (Å²) in [7, 11) is 0. The molecule has 0 radical (unpaired) electrons. The zero-order chi connectivity index (χ0) is 10.7. The van der Waals surface area contributed by atoms with E-state index in [0.717, 1.165) is 11.3 Å². The zero-order valence-electron chi connectivity index (χ0n) is 7.25. The minimum absolute atomic E-state index is 0.243. The summed E-state index contributed by atoms with van der Waals surface area (Å²) in [5.41, 5.74) is 0.284. The Morgan fingerprint density at radius 1 is 1.64 bits per heavy atom. The minimum atomic E-state index is -0.951. The topological polar surface area (TPSA) is 50.2 Å². The van der Waals surface area contributed by atoms with Gasteiger partial charge in [-0.15, -0.1) is 11.3 Å². The Morgan fingerprint density at radius 2 is 2.29 bits per heavy atom. The highest BCUT2D eigenvalue weighted by Crippen LogP contribution is 2.28. The van der Waals surface area contributed by atoms with Gasteiger partial charge in [-0.25, -0.2) is 9.78 Å². The molecule has 0 unspecified atom stereocenters. The third-order valence-electron chi connectivity index (χ3n) is 1.54. The summed E-state index contributed by atoms with van der Waals surface area (Å²) in [6.07, 6.45) is 1.93. The molecular weight excluding hydrogens is 245 g/mol. The third kappa shape index (κ3) is 2.70. The summed E-state index contributed by atoms with van der Waals surface area (Å²) in [5, 5.41) is 9.01. The molecule has 1 aromatic rings. The molecule has 0 atom stereocenters. The molecule has 0 aliphatic heterocycles. The molecule has 3 nitrogen and oxygen atoms in total. The first kappa shape index (κ1) is 11.5. The van der Waals surface area contributed by atoms with Gasteiger partial charge in [0.15, 0.2) is 4.47 Å². The van der Waals surface area contributed by atoms with Crippen molar-refractivity contribution < 1.29 is 9.90 Å². The van der Waals surface area contributed by atoms with Crippen LogP contribution in [-0.4, -0.2) is 16.1 Å². The Morgan fingerprint density at radius 3 is 2.64 bits per heavy atom. The molecule has 0 amide bonds. The molecule has 1 rings (SSSR count). The maximum atomic E-state index is 10.7. The minimum Gasteiger partial charge on any atom is -0.478 e. The number of rotatable bonds is 3. The van der Waals surface area contributed by atoms with Crippen molar-refractivity contribution in [2.75, 3.05) is 0 Å². The third-order valence-corrected chi connectivity index (χ3v) is 3.05. The van der Waals surface area contributed by atoms with E-state index in [1.807, 2.05) is 0 Å². The molecule has 1 N–H and O–H groups in total. The predicted octanol–water partition coefficient (Wildman–Crippen LogP) is 3.33. The first-order valence-electron chi connectivity index (χ1n) is 3.80. The van der Waals surface area contributed by atoms with Crippen LogP contribution in [-0.2, 0) is 4.79 Å². The van der Waals surface area contributed by atoms with E-state index in [2.05, 4.69) is 4.98 Å². The van der Waals surface area contributed by atoms with E-state index >= 15 is 0 Å². The smallest absolute Gasteiger partial charge is 0.331 e. The Hall–Kier alpha value is -0.580. The summed E-state index contributed by atoms with van der Waals surface area (Å²) in [6.45, 7) is 1.76. The van der Waals surface area contributed by atoms with E-state index in [4.69, 9.17) is 28.3 Å². The monoisotopic (exact) mass is 251 g/mol. The molecule has 0 aromatic carbocycles. The van der Waals surface area contributed by atoms with Gasteiger partial charge in [-0.2, -0.15) is 0 Å². The molecule has 0 fully saturated rings. The van der Waals surface area contributed by atoms with Crippen LogP contribution >= 0.6 is 34.5 Å². The molecule has 0 aliphatic carbocycles. The largest absolute Gasteiger partial charge is 0.478 e. The van der Waals surface area contributed by atoms with Crippen LogP contribution in [0.15, 0.2) is 5.57 Å². The Labute approximate surface area is 95.0 Å². The van der Waals surface area contributed by atoms with Crippen molar-refractivity contribution in [3.8, 4) is 0 Å². The van der Waals surface area contributed by atoms with Gasteiger partial charge >= 0.3 is 5.97 Å². The van der Waals surface area contributed by atoms with Crippen LogP contribution < -0.4 is 0 Å². The lowest BCUT2D eigenvalue weighted by Crippen LogP contribution is -1.98. The Kier molecular flexibility index (Phi) is 3.92. The lowest BCUT2D eigenvalue weighted by Gasteiger charge is -1.95. The van der Waals surface area contributed by atoms with E-state index in [1.54, 1.807) is 6.92 Å². The van der Waals surface area contributed by atoms with Gasteiger partial charge in [0.05, 0.1) is 4.88 Å². The lowest BCUT2D eigenvalue weighted by molar-refractivity contribution is -0.132. The van der Waals surface area contributed by atoms with Crippen molar-refractivity contribution >= 4 is 46.6 Å². The van der Waals surface area contributed by atoms with Crippen LogP contribution in [0, 0.1) is 0 Å². The van der Waals surface area contributed by atoms with Gasteiger partial charge < -0.3 is 5.11 Å². The number of hydrogen-bond donors (Lipinski definition) is 1. The molecule has 1 aromatic heterocycles. The normalized spacial score (nSPS) is 11.8.